The highest BCUT2D eigenvalue weighted by molar-refractivity contribution is 7.91. The predicted octanol–water partition coefficient (Wildman–Crippen LogP) is 1.15. The first-order valence-corrected chi connectivity index (χ1v) is 8.03. The zero-order chi connectivity index (χ0) is 15.6. The lowest BCUT2D eigenvalue weighted by Gasteiger charge is -2.11. The molecule has 0 aliphatic heterocycles. The Morgan fingerprint density at radius 3 is 2.33 bits per heavy atom. The van der Waals surface area contributed by atoms with Crippen LogP contribution >= 0.6 is 0 Å². The molecule has 1 aliphatic rings. The van der Waals surface area contributed by atoms with E-state index in [9.17, 15) is 22.0 Å². The van der Waals surface area contributed by atoms with Crippen LogP contribution in [0.1, 0.15) is 23.2 Å². The molecule has 8 heteroatoms. The highest BCUT2D eigenvalue weighted by Crippen LogP contribution is 2.31. The second-order valence-corrected chi connectivity index (χ2v) is 6.96. The molecule has 1 amide bonds. The molecule has 0 radical (unpaired) electrons. The van der Waals surface area contributed by atoms with Gasteiger partial charge in [-0.25, -0.2) is 8.42 Å². The third-order valence-corrected chi connectivity index (χ3v) is 4.80. The summed E-state index contributed by atoms with van der Waals surface area (Å²) in [6.45, 7) is 0.334. The molecular formula is C13H16F2N2O3S. The minimum Gasteiger partial charge on any atom is -0.350 e. The van der Waals surface area contributed by atoms with Gasteiger partial charge in [-0.05, 0) is 43.0 Å². The van der Waals surface area contributed by atoms with Crippen molar-refractivity contribution in [2.24, 2.45) is 11.7 Å². The fourth-order valence-electron chi connectivity index (χ4n) is 1.90. The van der Waals surface area contributed by atoms with E-state index < -0.39 is 26.4 Å². The monoisotopic (exact) mass is 318 g/mol. The lowest BCUT2D eigenvalue weighted by molar-refractivity contribution is 0.0950. The number of alkyl halides is 2. The molecule has 1 aliphatic carbocycles. The first-order valence-electron chi connectivity index (χ1n) is 6.48. The van der Waals surface area contributed by atoms with Gasteiger partial charge in [0.25, 0.3) is 5.91 Å². The predicted molar refractivity (Wildman–Crippen MR) is 72.7 cm³/mol. The van der Waals surface area contributed by atoms with Gasteiger partial charge in [0.2, 0.25) is 9.84 Å². The molecule has 0 spiro atoms. The summed E-state index contributed by atoms with van der Waals surface area (Å²) >= 11 is 0. The molecule has 0 aromatic heterocycles. The standard InChI is InChI=1S/C13H16F2N2O3S/c14-13(15)21(19,20)10-5-3-9(4-6-10)12(18)17-7-11(16)8-1-2-8/h3-6,8,11,13H,1-2,7,16H2,(H,17,18). The first-order chi connectivity index (χ1) is 9.82. The van der Waals surface area contributed by atoms with Gasteiger partial charge in [-0.2, -0.15) is 8.78 Å². The summed E-state index contributed by atoms with van der Waals surface area (Å²) in [6, 6.07) is 4.31. The summed E-state index contributed by atoms with van der Waals surface area (Å²) < 4.78 is 47.2. The molecular weight excluding hydrogens is 302 g/mol. The maximum Gasteiger partial charge on any atom is 0.341 e. The van der Waals surface area contributed by atoms with Crippen molar-refractivity contribution in [1.29, 1.82) is 0 Å². The van der Waals surface area contributed by atoms with Crippen molar-refractivity contribution in [2.75, 3.05) is 6.54 Å². The van der Waals surface area contributed by atoms with Crippen molar-refractivity contribution in [2.45, 2.75) is 29.5 Å². The zero-order valence-electron chi connectivity index (χ0n) is 11.1. The summed E-state index contributed by atoms with van der Waals surface area (Å²) in [5, 5.41) is 2.64. The SMILES string of the molecule is NC(CNC(=O)c1ccc(S(=O)(=O)C(F)F)cc1)C1CC1. The highest BCUT2D eigenvalue weighted by Gasteiger charge is 2.29. The summed E-state index contributed by atoms with van der Waals surface area (Å²) in [6.07, 6.45) is 2.13. The third kappa shape index (κ3) is 3.76. The van der Waals surface area contributed by atoms with Crippen molar-refractivity contribution in [3.05, 3.63) is 29.8 Å². The molecule has 0 saturated heterocycles. The van der Waals surface area contributed by atoms with Crippen molar-refractivity contribution >= 4 is 15.7 Å². The van der Waals surface area contributed by atoms with Gasteiger partial charge in [-0.1, -0.05) is 0 Å². The molecule has 21 heavy (non-hydrogen) atoms. The van der Waals surface area contributed by atoms with Gasteiger partial charge in [-0.15, -0.1) is 0 Å². The average molecular weight is 318 g/mol. The minimum absolute atomic E-state index is 0.0903. The number of nitrogens with two attached hydrogens (primary N) is 1. The Labute approximate surface area is 121 Å². The average Bonchev–Trinajstić information content (AvgIpc) is 3.29. The Bertz CT molecular complexity index is 613. The van der Waals surface area contributed by atoms with Gasteiger partial charge in [0.05, 0.1) is 4.90 Å². The lowest BCUT2D eigenvalue weighted by atomic mass is 10.2. The molecule has 116 valence electrons. The van der Waals surface area contributed by atoms with Gasteiger partial charge < -0.3 is 11.1 Å². The van der Waals surface area contributed by atoms with Crippen LogP contribution in [0.5, 0.6) is 0 Å². The topological polar surface area (TPSA) is 89.3 Å². The maximum atomic E-state index is 12.4. The quantitative estimate of drug-likeness (QED) is 0.823. The Balaban J connectivity index is 1.99. The number of sulfone groups is 1. The van der Waals surface area contributed by atoms with Crippen LogP contribution in [0.2, 0.25) is 0 Å². The molecule has 1 fully saturated rings. The number of carbonyl (C=O) groups is 1. The van der Waals surface area contributed by atoms with Gasteiger partial charge in [0, 0.05) is 18.2 Å². The van der Waals surface area contributed by atoms with E-state index in [0.29, 0.717) is 12.5 Å². The first kappa shape index (κ1) is 15.8. The lowest BCUT2D eigenvalue weighted by Crippen LogP contribution is -2.38. The molecule has 0 heterocycles. The zero-order valence-corrected chi connectivity index (χ0v) is 11.9. The van der Waals surface area contributed by atoms with Crippen molar-refractivity contribution < 1.29 is 22.0 Å². The van der Waals surface area contributed by atoms with Crippen LogP contribution in [0.4, 0.5) is 8.78 Å². The number of hydrogen-bond donors (Lipinski definition) is 2. The molecule has 1 aromatic carbocycles. The number of amides is 1. The van der Waals surface area contributed by atoms with Gasteiger partial charge in [-0.3, -0.25) is 4.79 Å². The van der Waals surface area contributed by atoms with Crippen LogP contribution in [0.3, 0.4) is 0 Å². The van der Waals surface area contributed by atoms with E-state index in [4.69, 9.17) is 5.73 Å². The number of carbonyl (C=O) groups excluding carboxylic acids is 1. The summed E-state index contributed by atoms with van der Waals surface area (Å²) in [5.74, 6) is -3.44. The number of nitrogens with one attached hydrogen (secondary N) is 1. The number of halogens is 2. The number of hydrogen-bond acceptors (Lipinski definition) is 4. The Morgan fingerprint density at radius 2 is 1.86 bits per heavy atom. The summed E-state index contributed by atoms with van der Waals surface area (Å²) in [4.78, 5) is 11.3. The smallest absolute Gasteiger partial charge is 0.341 e. The van der Waals surface area contributed by atoms with Crippen LogP contribution in [-0.2, 0) is 9.84 Å². The molecule has 1 unspecified atom stereocenters. The van der Waals surface area contributed by atoms with Gasteiger partial charge >= 0.3 is 5.76 Å². The molecule has 1 saturated carbocycles. The minimum atomic E-state index is -4.63. The van der Waals surface area contributed by atoms with E-state index in [1.54, 1.807) is 0 Å². The fourth-order valence-corrected chi connectivity index (χ4v) is 2.62. The van der Waals surface area contributed by atoms with Crippen molar-refractivity contribution in [3.63, 3.8) is 0 Å². The van der Waals surface area contributed by atoms with E-state index in [2.05, 4.69) is 5.32 Å². The largest absolute Gasteiger partial charge is 0.350 e. The van der Waals surface area contributed by atoms with Gasteiger partial charge in [0.15, 0.2) is 0 Å². The normalized spacial score (nSPS) is 16.8. The second kappa shape index (κ2) is 6.07. The second-order valence-electron chi connectivity index (χ2n) is 5.04. The molecule has 3 N–H and O–H groups in total. The summed E-state index contributed by atoms with van der Waals surface area (Å²) in [5.41, 5.74) is 6.04. The fraction of sp³-hybridized carbons (Fsp3) is 0.462. The Morgan fingerprint density at radius 1 is 1.29 bits per heavy atom. The van der Waals surface area contributed by atoms with E-state index in [1.165, 1.54) is 12.1 Å². The Hall–Kier alpha value is -1.54. The van der Waals surface area contributed by atoms with E-state index in [0.717, 1.165) is 25.0 Å². The van der Waals surface area contributed by atoms with Crippen LogP contribution in [-0.4, -0.2) is 32.7 Å². The molecule has 5 nitrogen and oxygen atoms in total. The third-order valence-electron chi connectivity index (χ3n) is 3.41. The van der Waals surface area contributed by atoms with E-state index in [-0.39, 0.29) is 11.6 Å². The van der Waals surface area contributed by atoms with E-state index in [1.807, 2.05) is 0 Å². The Kier molecular flexibility index (Phi) is 4.58. The van der Waals surface area contributed by atoms with Crippen LogP contribution < -0.4 is 11.1 Å². The molecule has 1 aromatic rings. The molecule has 2 rings (SSSR count). The highest BCUT2D eigenvalue weighted by atomic mass is 32.2. The number of rotatable bonds is 6. The van der Waals surface area contributed by atoms with Crippen LogP contribution in [0, 0.1) is 5.92 Å². The van der Waals surface area contributed by atoms with Crippen LogP contribution in [0.15, 0.2) is 29.2 Å². The van der Waals surface area contributed by atoms with Crippen molar-refractivity contribution in [3.8, 4) is 0 Å². The molecule has 1 atom stereocenters. The van der Waals surface area contributed by atoms with E-state index >= 15 is 0 Å². The molecule has 0 bridgehead atoms. The van der Waals surface area contributed by atoms with Crippen molar-refractivity contribution in [1.82, 2.24) is 5.32 Å². The van der Waals surface area contributed by atoms with Gasteiger partial charge in [0.1, 0.15) is 0 Å². The number of benzene rings is 1. The van der Waals surface area contributed by atoms with Crippen LogP contribution in [0.25, 0.3) is 0 Å². The summed E-state index contributed by atoms with van der Waals surface area (Å²) in [7, 11) is -4.63. The maximum absolute atomic E-state index is 12.4.